The number of rotatable bonds is 14. The number of nitrogens with two attached hydrogens (primary N) is 1. The van der Waals surface area contributed by atoms with Crippen molar-refractivity contribution in [2.75, 3.05) is 55.0 Å². The van der Waals surface area contributed by atoms with Crippen molar-refractivity contribution in [1.29, 1.82) is 0 Å². The van der Waals surface area contributed by atoms with Gasteiger partial charge in [0.05, 0.1) is 50.6 Å². The predicted octanol–water partition coefficient (Wildman–Crippen LogP) is 2.16. The van der Waals surface area contributed by atoms with E-state index >= 15 is 0 Å². The van der Waals surface area contributed by atoms with Crippen LogP contribution in [0.5, 0.6) is 0 Å². The van der Waals surface area contributed by atoms with E-state index in [9.17, 15) is 27.7 Å². The topological polar surface area (TPSA) is 150 Å². The van der Waals surface area contributed by atoms with Crippen molar-refractivity contribution in [2.24, 2.45) is 17.1 Å². The van der Waals surface area contributed by atoms with Crippen LogP contribution in [0.1, 0.15) is 107 Å². The standard InChI is InChI=1S/C20H42N4O6S.9CH4.Na/c1-9-15(18(21)26)10-17(31(28,29)30)11-20(2,3)19(27)22-14-24(7,8)13-16(25)12-23(4,5)6;;;;;;;;;;/h15-17,25H,9-14H2,1-8H3,(H2-2,21,22,26,27,28,29,30);9*1H4;/q;;;;;;;;;;+1/p+1. The first kappa shape index (κ1) is 72.7. The molecule has 0 aromatic carbocycles. The van der Waals surface area contributed by atoms with Gasteiger partial charge in [-0.25, -0.2) is 8.42 Å². The molecule has 10 nitrogen and oxygen atoms in total. The van der Waals surface area contributed by atoms with Crippen molar-refractivity contribution < 1.29 is 66.2 Å². The minimum absolute atomic E-state index is 0. The van der Waals surface area contributed by atoms with Gasteiger partial charge in [0.2, 0.25) is 11.8 Å². The van der Waals surface area contributed by atoms with Gasteiger partial charge in [0.1, 0.15) is 13.1 Å². The van der Waals surface area contributed by atoms with Gasteiger partial charge >= 0.3 is 29.6 Å². The average molecular weight is 635 g/mol. The van der Waals surface area contributed by atoms with Crippen molar-refractivity contribution in [3.05, 3.63) is 0 Å². The first-order chi connectivity index (χ1) is 13.7. The molecule has 3 atom stereocenters. The zero-order valence-corrected chi connectivity index (χ0v) is 24.2. The van der Waals surface area contributed by atoms with E-state index in [1.54, 1.807) is 20.8 Å². The molecule has 12 heteroatoms. The summed E-state index contributed by atoms with van der Waals surface area (Å²) in [6.45, 7) is 6.03. The zero-order chi connectivity index (χ0) is 24.8. The van der Waals surface area contributed by atoms with E-state index in [0.29, 0.717) is 28.5 Å². The molecule has 0 aromatic rings. The number of nitrogens with zero attached hydrogens (tertiary/aromatic N) is 2. The number of aliphatic hydroxyl groups is 1. The first-order valence-electron chi connectivity index (χ1n) is 10.5. The van der Waals surface area contributed by atoms with Crippen LogP contribution in [0.2, 0.25) is 0 Å². The molecular formula is C29H79N4NaO6S+2. The first-order valence-corrected chi connectivity index (χ1v) is 12.0. The maximum absolute atomic E-state index is 12.8. The van der Waals surface area contributed by atoms with Gasteiger partial charge in [-0.05, 0) is 19.3 Å². The fraction of sp³-hybridized carbons (Fsp3) is 0.931. The Hall–Kier alpha value is -0.270. The van der Waals surface area contributed by atoms with Gasteiger partial charge in [0.25, 0.3) is 0 Å². The molecule has 0 saturated carbocycles. The van der Waals surface area contributed by atoms with E-state index in [1.807, 2.05) is 35.2 Å². The molecule has 2 amide bonds. The molecule has 0 bridgehead atoms. The van der Waals surface area contributed by atoms with Gasteiger partial charge in [-0.2, -0.15) is 0 Å². The molecule has 0 radical (unpaired) electrons. The van der Waals surface area contributed by atoms with E-state index in [2.05, 4.69) is 5.32 Å². The largest absolute Gasteiger partial charge is 1.00 e. The maximum atomic E-state index is 12.8. The van der Waals surface area contributed by atoms with Crippen LogP contribution in [-0.2, 0) is 19.7 Å². The molecule has 0 aromatic heterocycles. The molecule has 0 rings (SSSR count). The summed E-state index contributed by atoms with van der Waals surface area (Å²) in [6, 6.07) is 0. The zero-order valence-electron chi connectivity index (χ0n) is 21.3. The molecule has 41 heavy (non-hydrogen) atoms. The fourth-order valence-corrected chi connectivity index (χ4v) is 4.71. The summed E-state index contributed by atoms with van der Waals surface area (Å²) in [5.41, 5.74) is 4.14. The van der Waals surface area contributed by atoms with Gasteiger partial charge in [0.15, 0.2) is 12.8 Å². The summed E-state index contributed by atoms with van der Waals surface area (Å²) >= 11 is 0. The van der Waals surface area contributed by atoms with Gasteiger partial charge in [-0.15, -0.1) is 0 Å². The Morgan fingerprint density at radius 3 is 1.59 bits per heavy atom. The molecule has 0 aliphatic heterocycles. The molecular weight excluding hydrogens is 555 g/mol. The number of aliphatic hydroxyl groups excluding tert-OH is 1. The van der Waals surface area contributed by atoms with Gasteiger partial charge in [-0.1, -0.05) is 87.6 Å². The smallest absolute Gasteiger partial charge is 0.748 e. The summed E-state index contributed by atoms with van der Waals surface area (Å²) < 4.78 is 36.3. The average Bonchev–Trinajstić information content (AvgIpc) is 2.52. The minimum Gasteiger partial charge on any atom is -0.748 e. The third-order valence-corrected chi connectivity index (χ3v) is 6.51. The summed E-state index contributed by atoms with van der Waals surface area (Å²) in [5.74, 6) is -1.81. The second-order valence-electron chi connectivity index (χ2n) is 10.9. The van der Waals surface area contributed by atoms with E-state index < -0.39 is 44.6 Å². The Kier molecular flexibility index (Phi) is 50.6. The van der Waals surface area contributed by atoms with E-state index in [-0.39, 0.29) is 116 Å². The number of carbonyl (C=O) groups excluding carboxylic acids is 2. The number of nitrogens with one attached hydrogen (secondary N) is 1. The maximum Gasteiger partial charge on any atom is 1.00 e. The molecule has 0 spiro atoms. The van der Waals surface area contributed by atoms with Crippen LogP contribution in [-0.4, -0.2) is 105 Å². The Balaban J connectivity index is -0.0000001000. The van der Waals surface area contributed by atoms with Gasteiger partial charge < -0.3 is 29.7 Å². The summed E-state index contributed by atoms with van der Waals surface area (Å²) in [5, 5.41) is 11.7. The summed E-state index contributed by atoms with van der Waals surface area (Å²) in [6.07, 6.45) is -0.663. The van der Waals surface area contributed by atoms with Gasteiger partial charge in [-0.3, -0.25) is 9.59 Å². The van der Waals surface area contributed by atoms with E-state index in [1.165, 1.54) is 0 Å². The number of carbonyl (C=O) groups is 2. The Morgan fingerprint density at radius 1 is 0.902 bits per heavy atom. The normalized spacial score (nSPS) is 12.4. The molecule has 4 N–H and O–H groups in total. The predicted molar refractivity (Wildman–Crippen MR) is 179 cm³/mol. The molecule has 0 saturated heterocycles. The molecule has 0 aliphatic rings. The molecule has 256 valence electrons. The Morgan fingerprint density at radius 2 is 1.29 bits per heavy atom. The number of primary amides is 1. The summed E-state index contributed by atoms with van der Waals surface area (Å²) in [7, 11) is 4.96. The quantitative estimate of drug-likeness (QED) is 0.115. The number of hydrogen-bond donors (Lipinski definition) is 3. The fourth-order valence-electron chi connectivity index (χ4n) is 3.62. The third kappa shape index (κ3) is 31.0. The van der Waals surface area contributed by atoms with Crippen LogP contribution in [0, 0.1) is 11.3 Å². The SMILES string of the molecule is C.C.C.C.C.C.C.C.C.CCC(CC(CC(C)(C)C(=O)NC[N+](C)(C)CC(O)C[N+](C)(C)C)S(=O)(=O)[O-])C(N)=O.[Na+]. The molecule has 0 fully saturated rings. The number of likely N-dealkylation sites (N-methyl/N-ethyl adjacent to an activating group) is 2. The van der Waals surface area contributed by atoms with E-state index in [0.717, 1.165) is 0 Å². The second-order valence-corrected chi connectivity index (χ2v) is 12.5. The van der Waals surface area contributed by atoms with E-state index in [4.69, 9.17) is 5.73 Å². The van der Waals surface area contributed by atoms with Gasteiger partial charge in [0, 0.05) is 11.3 Å². The molecule has 3 unspecified atom stereocenters. The Bertz CT molecular complexity index is 727. The van der Waals surface area contributed by atoms with Crippen molar-refractivity contribution in [3.8, 4) is 0 Å². The van der Waals surface area contributed by atoms with Crippen LogP contribution in [0.3, 0.4) is 0 Å². The number of quaternary nitrogens is 2. The second kappa shape index (κ2) is 28.5. The van der Waals surface area contributed by atoms with Crippen LogP contribution in [0.15, 0.2) is 0 Å². The Labute approximate surface area is 282 Å². The number of amides is 2. The van der Waals surface area contributed by atoms with Crippen molar-refractivity contribution in [1.82, 2.24) is 5.32 Å². The number of hydrogen-bond acceptors (Lipinski definition) is 6. The van der Waals surface area contributed by atoms with Crippen LogP contribution in [0.4, 0.5) is 0 Å². The van der Waals surface area contributed by atoms with Crippen molar-refractivity contribution >= 4 is 21.9 Å². The third-order valence-electron chi connectivity index (χ3n) is 5.33. The van der Waals surface area contributed by atoms with Crippen LogP contribution in [0.25, 0.3) is 0 Å². The minimum atomic E-state index is -4.72. The van der Waals surface area contributed by atoms with Crippen molar-refractivity contribution in [3.63, 3.8) is 0 Å². The van der Waals surface area contributed by atoms with Crippen LogP contribution < -0.4 is 40.6 Å². The monoisotopic (exact) mass is 635 g/mol. The van der Waals surface area contributed by atoms with Crippen LogP contribution >= 0.6 is 0 Å². The van der Waals surface area contributed by atoms with Crippen molar-refractivity contribution in [2.45, 2.75) is 118 Å². The molecule has 0 aliphatic carbocycles. The summed E-state index contributed by atoms with van der Waals surface area (Å²) in [4.78, 5) is 24.3. The molecule has 0 heterocycles.